The monoisotopic (exact) mass is 996 g/mol. The normalized spacial score (nSPS) is 24.5. The average Bonchev–Trinajstić information content (AvgIpc) is 3.88. The number of aromatic nitrogens is 6. The van der Waals surface area contributed by atoms with Gasteiger partial charge in [0.25, 0.3) is 0 Å². The molecule has 0 bridgehead atoms. The number of nitrogens with one attached hydrogen (secondary N) is 1. The van der Waals surface area contributed by atoms with Gasteiger partial charge in [0.2, 0.25) is 0 Å². The van der Waals surface area contributed by atoms with Crippen LogP contribution < -0.4 is 22.5 Å². The number of esters is 1. The molecule has 2 saturated heterocycles. The molecular weight excluding hydrogens is 947 g/mol. The van der Waals surface area contributed by atoms with Crippen LogP contribution in [0.15, 0.2) is 34.8 Å². The Kier molecular flexibility index (Phi) is 16.9. The van der Waals surface area contributed by atoms with Gasteiger partial charge in [0.15, 0.2) is 23.8 Å². The van der Waals surface area contributed by atoms with E-state index >= 15 is 0 Å². The fraction of sp³-hybridized carbons (Fsp3) is 0.667. The molecule has 10 atom stereocenters. The number of amides is 1. The van der Waals surface area contributed by atoms with E-state index < -0.39 is 106 Å². The number of phosphoric acid groups is 2. The minimum atomic E-state index is -5.28. The van der Waals surface area contributed by atoms with Crippen LogP contribution in [0.4, 0.5) is 16.4 Å². The van der Waals surface area contributed by atoms with E-state index in [0.29, 0.717) is 0 Å². The Hall–Kier alpha value is -4.12. The highest BCUT2D eigenvalue weighted by Crippen LogP contribution is 2.50. The largest absolute Gasteiger partial charge is 0.472 e. The lowest BCUT2D eigenvalue weighted by Crippen LogP contribution is -2.49. The van der Waals surface area contributed by atoms with Crippen molar-refractivity contribution in [2.75, 3.05) is 31.2 Å². The third-order valence-electron chi connectivity index (χ3n) is 8.90. The van der Waals surface area contributed by atoms with Crippen LogP contribution in [0.5, 0.6) is 0 Å². The number of rotatable bonds is 19. The van der Waals surface area contributed by atoms with Crippen LogP contribution in [0.2, 0.25) is 0 Å². The lowest BCUT2D eigenvalue weighted by molar-refractivity contribution is -0.159. The number of imidazole rings is 1. The minimum Gasteiger partial charge on any atom is -0.455 e. The number of aliphatic hydroxyl groups is 1. The number of aliphatic hydroxyl groups excluding tert-OH is 1. The molecule has 65 heavy (non-hydrogen) atoms. The first-order chi connectivity index (χ1) is 30.2. The second-order valence-electron chi connectivity index (χ2n) is 16.4. The number of nitrogens with zero attached hydrogens (tertiary/aromatic N) is 9. The highest BCUT2D eigenvalue weighted by Gasteiger charge is 2.50. The Bertz CT molecular complexity index is 2370. The number of hydrogen-bond acceptors (Lipinski definition) is 22. The number of fused-ring (bicyclic) bond motifs is 1. The summed E-state index contributed by atoms with van der Waals surface area (Å²) in [6, 6.07) is -0.228. The number of ether oxygens (including phenoxy) is 4. The molecule has 0 aromatic carbocycles. The second kappa shape index (κ2) is 21.2. The maximum atomic E-state index is 14.2. The topological polar surface area (TPSA) is 405 Å². The molecule has 3 aromatic heterocycles. The van der Waals surface area contributed by atoms with Crippen LogP contribution >= 0.6 is 37.2 Å². The summed E-state index contributed by atoms with van der Waals surface area (Å²) in [7, 11) is -7.65. The van der Waals surface area contributed by atoms with Gasteiger partial charge < -0.3 is 55.5 Å². The number of hydrogen-bond donors (Lipinski definition) is 7. The van der Waals surface area contributed by atoms with Gasteiger partial charge >= 0.3 is 33.4 Å². The molecule has 0 spiro atoms. The summed E-state index contributed by atoms with van der Waals surface area (Å²) in [5.74, 6) is -1.26. The number of carbonyl (C=O) groups excluding carboxylic acids is 2. The summed E-state index contributed by atoms with van der Waals surface area (Å²) in [5, 5.41) is 17.4. The predicted molar refractivity (Wildman–Crippen MR) is 230 cm³/mol. The van der Waals surface area contributed by atoms with Crippen molar-refractivity contribution in [1.82, 2.24) is 34.4 Å². The van der Waals surface area contributed by atoms with E-state index in [2.05, 4.69) is 39.8 Å². The maximum Gasteiger partial charge on any atom is 0.472 e. The van der Waals surface area contributed by atoms with Gasteiger partial charge in [-0.15, -0.1) is 0 Å². The number of carbonyl (C=O) groups is 2. The smallest absolute Gasteiger partial charge is 0.455 e. The van der Waals surface area contributed by atoms with Gasteiger partial charge in [0.05, 0.1) is 19.5 Å². The summed E-state index contributed by atoms with van der Waals surface area (Å²) in [5.41, 5.74) is 19.0. The van der Waals surface area contributed by atoms with E-state index in [-0.39, 0.29) is 46.9 Å². The lowest BCUT2D eigenvalue weighted by atomic mass is 10.1. The minimum absolute atomic E-state index is 0.0172. The molecule has 0 saturated carbocycles. The van der Waals surface area contributed by atoms with Gasteiger partial charge in [-0.1, -0.05) is 47.5 Å². The van der Waals surface area contributed by atoms with E-state index in [9.17, 15) is 43.3 Å². The Balaban J connectivity index is 1.42. The Morgan fingerprint density at radius 3 is 2.43 bits per heavy atom. The highest BCUT2D eigenvalue weighted by atomic mass is 33.1. The van der Waals surface area contributed by atoms with Crippen LogP contribution in [0.3, 0.4) is 0 Å². The Labute approximate surface area is 377 Å². The quantitative estimate of drug-likeness (QED) is 0.0226. The number of azide groups is 1. The maximum absolute atomic E-state index is 14.2. The molecule has 9 N–H and O–H groups in total. The third kappa shape index (κ3) is 14.9. The predicted octanol–water partition coefficient (Wildman–Crippen LogP) is 2.46. The van der Waals surface area contributed by atoms with Crippen molar-refractivity contribution in [2.45, 2.75) is 119 Å². The van der Waals surface area contributed by atoms with Crippen molar-refractivity contribution >= 4 is 72.1 Å². The number of anilines is 2. The lowest BCUT2D eigenvalue weighted by Gasteiger charge is -2.28. The SMILES string of the molecule is CC(C)(C)OC(=O)NC(CC(CN=[N+]=[N-])SSC(C)(C)C)C(=O)O[C@H]1[C@@H](O)[C@H](n2cnc3c(N)ncnc32)O[C@H]1COP(=O)(O)O[C@H]1C[C@H](n2ccc(N)nc2=O)O[C@@H]1COP(=O)(O)O. The van der Waals surface area contributed by atoms with Gasteiger partial charge in [-0.3, -0.25) is 22.7 Å². The van der Waals surface area contributed by atoms with Crippen LogP contribution in [-0.4, -0.2) is 133 Å². The first-order valence-corrected chi connectivity index (χ1v) is 24.6. The summed E-state index contributed by atoms with van der Waals surface area (Å²) in [6.07, 6.45) is -8.80. The Morgan fingerprint density at radius 1 is 1.08 bits per heavy atom. The van der Waals surface area contributed by atoms with E-state index in [0.717, 1.165) is 10.9 Å². The highest BCUT2D eigenvalue weighted by molar-refractivity contribution is 8.77. The van der Waals surface area contributed by atoms with Crippen LogP contribution in [0.25, 0.3) is 21.6 Å². The molecule has 5 rings (SSSR count). The van der Waals surface area contributed by atoms with Crippen LogP contribution in [-0.2, 0) is 46.4 Å². The van der Waals surface area contributed by atoms with Gasteiger partial charge in [0, 0.05) is 34.1 Å². The third-order valence-corrected chi connectivity index (χ3v) is 14.2. The fourth-order valence-electron chi connectivity index (χ4n) is 6.23. The van der Waals surface area contributed by atoms with Crippen LogP contribution in [0, 0.1) is 0 Å². The van der Waals surface area contributed by atoms with E-state index in [1.54, 1.807) is 20.8 Å². The van der Waals surface area contributed by atoms with Crippen molar-refractivity contribution in [3.63, 3.8) is 0 Å². The molecule has 3 unspecified atom stereocenters. The molecule has 0 aliphatic carbocycles. The summed E-state index contributed by atoms with van der Waals surface area (Å²) in [6.45, 7) is 8.73. The molecule has 1 amide bonds. The molecular formula is C33H50N12O16P2S2. The van der Waals surface area contributed by atoms with Crippen molar-refractivity contribution < 1.29 is 71.0 Å². The van der Waals surface area contributed by atoms with Gasteiger partial charge in [-0.2, -0.15) is 4.98 Å². The summed E-state index contributed by atoms with van der Waals surface area (Å²) < 4.78 is 65.5. The van der Waals surface area contributed by atoms with Gasteiger partial charge in [-0.25, -0.2) is 38.5 Å². The molecule has 5 heterocycles. The second-order valence-corrected chi connectivity index (χ2v) is 22.4. The fourth-order valence-corrected chi connectivity index (χ4v) is 10.0. The van der Waals surface area contributed by atoms with Crippen molar-refractivity contribution in [3.05, 3.63) is 45.8 Å². The zero-order chi connectivity index (χ0) is 48.1. The standard InChI is InChI=1S/C33H50N12O16P2S2/c1-32(2,3)60-31(49)41-17(9-16(11-40-43-36)64-65-33(4,5)6)29(47)59-25-20(58-28(24(25)46)45-15-39-23-26(35)37-14-38-27(23)45)13-56-63(53,54)61-18-10-22(44-8-7-21(34)42-30(44)48)57-19(18)12-55-62(50,51)52/h7-8,14-20,22,24-25,28,46H,9-13H2,1-6H3,(H,41,49)(H,53,54)(H2,34,42,48)(H2,35,37,38)(H2,50,51,52)/t16?,17?,18-,19+,20-,22+,24+,25+,28+/m0/s1. The number of alkyl carbamates (subject to hydrolysis) is 1. The molecule has 32 heteroatoms. The van der Waals surface area contributed by atoms with Crippen LogP contribution in [0.1, 0.15) is 66.8 Å². The van der Waals surface area contributed by atoms with Crippen molar-refractivity contribution in [2.24, 2.45) is 5.11 Å². The zero-order valence-corrected chi connectivity index (χ0v) is 39.0. The number of nitrogen functional groups attached to an aromatic ring is 2. The Morgan fingerprint density at radius 2 is 1.78 bits per heavy atom. The molecule has 0 radical (unpaired) electrons. The first kappa shape index (κ1) is 51.9. The number of phosphoric ester groups is 2. The first-order valence-electron chi connectivity index (χ1n) is 19.4. The van der Waals surface area contributed by atoms with Gasteiger partial charge in [0.1, 0.15) is 59.9 Å². The molecule has 3 aromatic rings. The average molecular weight is 997 g/mol. The van der Waals surface area contributed by atoms with Gasteiger partial charge in [-0.05, 0) is 38.8 Å². The molecule has 360 valence electrons. The number of nitrogens with two attached hydrogens (primary N) is 2. The molecule has 2 fully saturated rings. The van der Waals surface area contributed by atoms with E-state index in [1.165, 1.54) is 44.7 Å². The van der Waals surface area contributed by atoms with Crippen molar-refractivity contribution in [3.8, 4) is 0 Å². The zero-order valence-electron chi connectivity index (χ0n) is 35.6. The summed E-state index contributed by atoms with van der Waals surface area (Å²) >= 11 is 0. The molecule has 28 nitrogen and oxygen atoms in total. The molecule has 2 aliphatic heterocycles. The van der Waals surface area contributed by atoms with E-state index in [4.69, 9.17) is 45.0 Å². The molecule has 2 aliphatic rings. The summed E-state index contributed by atoms with van der Waals surface area (Å²) in [4.78, 5) is 88.3. The van der Waals surface area contributed by atoms with E-state index in [1.807, 2.05) is 20.8 Å². The van der Waals surface area contributed by atoms with Crippen molar-refractivity contribution in [1.29, 1.82) is 0 Å².